The third-order valence-corrected chi connectivity index (χ3v) is 1.98. The van der Waals surface area contributed by atoms with Crippen molar-refractivity contribution in [1.29, 1.82) is 0 Å². The summed E-state index contributed by atoms with van der Waals surface area (Å²) in [6, 6.07) is -0.338. The van der Waals surface area contributed by atoms with E-state index in [4.69, 9.17) is 5.73 Å². The van der Waals surface area contributed by atoms with Crippen molar-refractivity contribution in [3.05, 3.63) is 0 Å². The Morgan fingerprint density at radius 2 is 1.93 bits per heavy atom. The highest BCUT2D eigenvalue weighted by molar-refractivity contribution is 5.76. The maximum absolute atomic E-state index is 11.8. The molecule has 0 aromatic rings. The quantitative estimate of drug-likeness (QED) is 0.731. The van der Waals surface area contributed by atoms with E-state index in [1.807, 2.05) is 0 Å². The van der Waals surface area contributed by atoms with Gasteiger partial charge in [-0.15, -0.1) is 0 Å². The Kier molecular flexibility index (Phi) is 4.90. The van der Waals surface area contributed by atoms with Crippen LogP contribution >= 0.6 is 0 Å². The first-order chi connectivity index (χ1) is 6.26. The van der Waals surface area contributed by atoms with Crippen molar-refractivity contribution in [2.75, 3.05) is 6.54 Å². The Morgan fingerprint density at radius 1 is 1.43 bits per heavy atom. The molecular formula is C8H15F3N2O. The van der Waals surface area contributed by atoms with Gasteiger partial charge >= 0.3 is 6.18 Å². The molecule has 0 aliphatic carbocycles. The second kappa shape index (κ2) is 5.19. The zero-order chi connectivity index (χ0) is 11.4. The van der Waals surface area contributed by atoms with Crippen molar-refractivity contribution in [3.8, 4) is 0 Å². The highest BCUT2D eigenvalue weighted by Gasteiger charge is 2.31. The van der Waals surface area contributed by atoms with E-state index in [0.29, 0.717) is 6.54 Å². The van der Waals surface area contributed by atoms with E-state index in [1.54, 1.807) is 13.8 Å². The topological polar surface area (TPSA) is 55.1 Å². The summed E-state index contributed by atoms with van der Waals surface area (Å²) < 4.78 is 35.3. The van der Waals surface area contributed by atoms with Crippen LogP contribution in [0.15, 0.2) is 0 Å². The number of nitrogens with one attached hydrogen (secondary N) is 1. The fraction of sp³-hybridized carbons (Fsp3) is 0.875. The molecule has 3 N–H and O–H groups in total. The van der Waals surface area contributed by atoms with Gasteiger partial charge in [0.2, 0.25) is 5.91 Å². The lowest BCUT2D eigenvalue weighted by Gasteiger charge is -2.20. The molecule has 14 heavy (non-hydrogen) atoms. The van der Waals surface area contributed by atoms with Crippen molar-refractivity contribution in [2.24, 2.45) is 11.7 Å². The van der Waals surface area contributed by atoms with Gasteiger partial charge < -0.3 is 11.1 Å². The van der Waals surface area contributed by atoms with E-state index in [1.165, 1.54) is 0 Å². The van der Waals surface area contributed by atoms with Crippen molar-refractivity contribution in [1.82, 2.24) is 5.32 Å². The van der Waals surface area contributed by atoms with Crippen LogP contribution in [0.4, 0.5) is 13.2 Å². The number of halogens is 3. The Balaban J connectivity index is 3.95. The Labute approximate surface area is 80.8 Å². The van der Waals surface area contributed by atoms with Gasteiger partial charge in [-0.05, 0) is 19.4 Å². The summed E-state index contributed by atoms with van der Waals surface area (Å²) in [6.45, 7) is 3.72. The third-order valence-electron chi connectivity index (χ3n) is 1.98. The first-order valence-electron chi connectivity index (χ1n) is 4.32. The predicted octanol–water partition coefficient (Wildman–Crippen LogP) is 1.04. The van der Waals surface area contributed by atoms with Gasteiger partial charge in [-0.25, -0.2) is 0 Å². The molecule has 0 saturated carbocycles. The summed E-state index contributed by atoms with van der Waals surface area (Å²) in [5, 5.41) is 2.25. The lowest BCUT2D eigenvalue weighted by molar-refractivity contribution is -0.154. The fourth-order valence-electron chi connectivity index (χ4n) is 0.833. The van der Waals surface area contributed by atoms with E-state index in [-0.39, 0.29) is 12.0 Å². The van der Waals surface area contributed by atoms with Gasteiger partial charge in [0.25, 0.3) is 0 Å². The summed E-state index contributed by atoms with van der Waals surface area (Å²) >= 11 is 0. The molecule has 0 heterocycles. The van der Waals surface area contributed by atoms with E-state index < -0.39 is 18.5 Å². The molecule has 0 rings (SSSR count). The van der Waals surface area contributed by atoms with E-state index >= 15 is 0 Å². The predicted molar refractivity (Wildman–Crippen MR) is 46.5 cm³/mol. The van der Waals surface area contributed by atoms with Crippen LogP contribution in [0.2, 0.25) is 0 Å². The van der Waals surface area contributed by atoms with Crippen LogP contribution in [-0.2, 0) is 4.79 Å². The van der Waals surface area contributed by atoms with Crippen LogP contribution in [0.5, 0.6) is 0 Å². The first-order valence-corrected chi connectivity index (χ1v) is 4.32. The molecular weight excluding hydrogens is 197 g/mol. The molecule has 3 nitrogen and oxygen atoms in total. The molecule has 1 amide bonds. The standard InChI is InChI=1S/C8H15F3N2O/c1-5(4-12)6(2)13-7(14)3-8(9,10)11/h5-6H,3-4,12H2,1-2H3,(H,13,14). The number of amides is 1. The number of carbonyl (C=O) groups excluding carboxylic acids is 1. The number of carbonyl (C=O) groups is 1. The number of alkyl halides is 3. The normalized spacial score (nSPS) is 16.1. The number of rotatable bonds is 4. The van der Waals surface area contributed by atoms with Gasteiger partial charge in [-0.3, -0.25) is 4.79 Å². The minimum atomic E-state index is -4.45. The number of nitrogens with two attached hydrogens (primary N) is 1. The second-order valence-corrected chi connectivity index (χ2v) is 3.36. The summed E-state index contributed by atoms with van der Waals surface area (Å²) in [5.41, 5.74) is 5.30. The highest BCUT2D eigenvalue weighted by atomic mass is 19.4. The monoisotopic (exact) mass is 212 g/mol. The molecule has 0 aliphatic rings. The number of hydrogen-bond donors (Lipinski definition) is 2. The van der Waals surface area contributed by atoms with Gasteiger partial charge in [-0.2, -0.15) is 13.2 Å². The van der Waals surface area contributed by atoms with E-state index in [2.05, 4.69) is 5.32 Å². The number of hydrogen-bond acceptors (Lipinski definition) is 2. The van der Waals surface area contributed by atoms with Gasteiger partial charge in [0.05, 0.1) is 0 Å². The SMILES string of the molecule is CC(CN)C(C)NC(=O)CC(F)(F)F. The molecule has 0 spiro atoms. The zero-order valence-electron chi connectivity index (χ0n) is 8.19. The van der Waals surface area contributed by atoms with Gasteiger partial charge in [-0.1, -0.05) is 6.92 Å². The van der Waals surface area contributed by atoms with Crippen LogP contribution < -0.4 is 11.1 Å². The largest absolute Gasteiger partial charge is 0.397 e. The van der Waals surface area contributed by atoms with Crippen molar-refractivity contribution < 1.29 is 18.0 Å². The summed E-state index contributed by atoms with van der Waals surface area (Å²) in [6.07, 6.45) is -5.88. The van der Waals surface area contributed by atoms with Gasteiger partial charge in [0.15, 0.2) is 0 Å². The molecule has 0 aromatic heterocycles. The molecule has 0 fully saturated rings. The van der Waals surface area contributed by atoms with Crippen molar-refractivity contribution >= 4 is 5.91 Å². The molecule has 0 bridgehead atoms. The van der Waals surface area contributed by atoms with E-state index in [9.17, 15) is 18.0 Å². The fourth-order valence-corrected chi connectivity index (χ4v) is 0.833. The lowest BCUT2D eigenvalue weighted by Crippen LogP contribution is -2.41. The third kappa shape index (κ3) is 5.80. The second-order valence-electron chi connectivity index (χ2n) is 3.36. The summed E-state index contributed by atoms with van der Waals surface area (Å²) in [4.78, 5) is 10.8. The average molecular weight is 212 g/mol. The smallest absolute Gasteiger partial charge is 0.353 e. The molecule has 0 radical (unpaired) electrons. The van der Waals surface area contributed by atoms with Crippen LogP contribution in [0.1, 0.15) is 20.3 Å². The van der Waals surface area contributed by atoms with E-state index in [0.717, 1.165) is 0 Å². The van der Waals surface area contributed by atoms with Crippen LogP contribution in [-0.4, -0.2) is 24.7 Å². The maximum atomic E-state index is 11.8. The molecule has 0 aromatic carbocycles. The van der Waals surface area contributed by atoms with Gasteiger partial charge in [0, 0.05) is 6.04 Å². The average Bonchev–Trinajstić information content (AvgIpc) is 1.99. The molecule has 6 heteroatoms. The van der Waals surface area contributed by atoms with Crippen LogP contribution in [0.3, 0.4) is 0 Å². The Bertz CT molecular complexity index is 194. The van der Waals surface area contributed by atoms with Gasteiger partial charge in [0.1, 0.15) is 6.42 Å². The highest BCUT2D eigenvalue weighted by Crippen LogP contribution is 2.19. The Morgan fingerprint density at radius 3 is 2.29 bits per heavy atom. The molecule has 0 saturated heterocycles. The molecule has 0 aliphatic heterocycles. The van der Waals surface area contributed by atoms with Crippen LogP contribution in [0.25, 0.3) is 0 Å². The van der Waals surface area contributed by atoms with Crippen LogP contribution in [0, 0.1) is 5.92 Å². The maximum Gasteiger partial charge on any atom is 0.397 e. The minimum absolute atomic E-state index is 0.0350. The lowest BCUT2D eigenvalue weighted by atomic mass is 10.0. The minimum Gasteiger partial charge on any atom is -0.353 e. The van der Waals surface area contributed by atoms with Crippen molar-refractivity contribution in [2.45, 2.75) is 32.5 Å². The first kappa shape index (κ1) is 13.2. The molecule has 2 atom stereocenters. The molecule has 2 unspecified atom stereocenters. The Hall–Kier alpha value is -0.780. The summed E-state index contributed by atoms with van der Waals surface area (Å²) in [7, 11) is 0. The van der Waals surface area contributed by atoms with Crippen molar-refractivity contribution in [3.63, 3.8) is 0 Å². The molecule has 84 valence electrons. The zero-order valence-corrected chi connectivity index (χ0v) is 8.19. The summed E-state index contributed by atoms with van der Waals surface area (Å²) in [5.74, 6) is -1.04.